The van der Waals surface area contributed by atoms with E-state index in [0.717, 1.165) is 32.1 Å². The van der Waals surface area contributed by atoms with Crippen LogP contribution in [0, 0.1) is 17.3 Å². The molecular formula is C22H38O5. The molecule has 2 atom stereocenters. The van der Waals surface area contributed by atoms with E-state index in [0.29, 0.717) is 36.4 Å². The highest BCUT2D eigenvalue weighted by atomic mass is 16.5. The molecule has 0 bridgehead atoms. The molecule has 0 heterocycles. The first-order chi connectivity index (χ1) is 12.6. The summed E-state index contributed by atoms with van der Waals surface area (Å²) in [4.78, 5) is 22.8. The number of carboxylic acids is 1. The van der Waals surface area contributed by atoms with Crippen molar-refractivity contribution in [1.29, 1.82) is 0 Å². The molecule has 0 amide bonds. The summed E-state index contributed by atoms with van der Waals surface area (Å²) >= 11 is 0. The van der Waals surface area contributed by atoms with Crippen LogP contribution in [-0.2, 0) is 9.59 Å². The van der Waals surface area contributed by atoms with Gasteiger partial charge in [-0.05, 0) is 49.9 Å². The van der Waals surface area contributed by atoms with Gasteiger partial charge in [0.25, 0.3) is 5.79 Å². The largest absolute Gasteiger partial charge is 0.477 e. The van der Waals surface area contributed by atoms with Gasteiger partial charge < -0.3 is 15.3 Å². The first kappa shape index (κ1) is 23.8. The van der Waals surface area contributed by atoms with Gasteiger partial charge in [0.2, 0.25) is 0 Å². The lowest BCUT2D eigenvalue weighted by molar-refractivity contribution is -0.205. The Kier molecular flexibility index (Phi) is 9.68. The Bertz CT molecular complexity index is 507. The number of ketones is 1. The van der Waals surface area contributed by atoms with E-state index in [9.17, 15) is 19.8 Å². The molecule has 1 saturated carbocycles. The number of aliphatic carboxylic acids is 1. The van der Waals surface area contributed by atoms with Crippen LogP contribution in [0.15, 0.2) is 12.2 Å². The summed E-state index contributed by atoms with van der Waals surface area (Å²) in [6.45, 7) is 6.84. The maximum atomic E-state index is 12.2. The van der Waals surface area contributed by atoms with E-state index in [1.807, 2.05) is 0 Å². The smallest absolute Gasteiger partial charge is 0.364 e. The Morgan fingerprint density at radius 2 is 1.85 bits per heavy atom. The molecule has 0 spiro atoms. The summed E-state index contributed by atoms with van der Waals surface area (Å²) < 4.78 is 0. The van der Waals surface area contributed by atoms with Gasteiger partial charge in [-0.25, -0.2) is 4.79 Å². The van der Waals surface area contributed by atoms with Crippen LogP contribution in [0.2, 0.25) is 0 Å². The van der Waals surface area contributed by atoms with Crippen LogP contribution < -0.4 is 0 Å². The van der Waals surface area contributed by atoms with Gasteiger partial charge in [-0.2, -0.15) is 0 Å². The number of rotatable bonds is 13. The second kappa shape index (κ2) is 11.0. The average Bonchev–Trinajstić information content (AvgIpc) is 2.91. The van der Waals surface area contributed by atoms with Gasteiger partial charge in [-0.3, -0.25) is 4.79 Å². The molecule has 0 saturated heterocycles. The lowest BCUT2D eigenvalue weighted by atomic mass is 9.83. The van der Waals surface area contributed by atoms with Crippen LogP contribution in [0.4, 0.5) is 0 Å². The summed E-state index contributed by atoms with van der Waals surface area (Å²) in [5.41, 5.74) is 0.370. The number of aliphatic hydroxyl groups is 2. The highest BCUT2D eigenvalue weighted by Crippen LogP contribution is 2.34. The van der Waals surface area contributed by atoms with Crippen molar-refractivity contribution in [2.24, 2.45) is 17.3 Å². The molecule has 0 unspecified atom stereocenters. The molecule has 1 rings (SSSR count). The third-order valence-corrected chi connectivity index (χ3v) is 5.84. The molecule has 1 aliphatic rings. The Morgan fingerprint density at radius 1 is 1.15 bits per heavy atom. The molecule has 0 radical (unpaired) electrons. The van der Waals surface area contributed by atoms with Crippen LogP contribution in [0.25, 0.3) is 0 Å². The van der Waals surface area contributed by atoms with Crippen molar-refractivity contribution >= 4 is 11.8 Å². The fourth-order valence-corrected chi connectivity index (χ4v) is 4.11. The van der Waals surface area contributed by atoms with Crippen molar-refractivity contribution in [2.45, 2.75) is 97.2 Å². The Balaban J connectivity index is 2.35. The summed E-state index contributed by atoms with van der Waals surface area (Å²) in [5, 5.41) is 27.3. The van der Waals surface area contributed by atoms with Gasteiger partial charge in [0.1, 0.15) is 5.78 Å². The van der Waals surface area contributed by atoms with Crippen molar-refractivity contribution in [2.75, 3.05) is 0 Å². The lowest BCUT2D eigenvalue weighted by Gasteiger charge is -2.23. The third kappa shape index (κ3) is 8.56. The van der Waals surface area contributed by atoms with E-state index in [1.54, 1.807) is 0 Å². The second-order valence-corrected chi connectivity index (χ2v) is 8.88. The minimum atomic E-state index is -2.64. The molecule has 1 fully saturated rings. The minimum Gasteiger partial charge on any atom is -0.477 e. The summed E-state index contributed by atoms with van der Waals surface area (Å²) in [6.07, 6.45) is 13.2. The van der Waals surface area contributed by atoms with Gasteiger partial charge in [0.15, 0.2) is 0 Å². The monoisotopic (exact) mass is 382 g/mol. The van der Waals surface area contributed by atoms with Crippen molar-refractivity contribution in [3.63, 3.8) is 0 Å². The minimum absolute atomic E-state index is 0.0670. The normalized spacial score (nSPS) is 21.3. The molecule has 0 aromatic carbocycles. The summed E-state index contributed by atoms with van der Waals surface area (Å²) in [5.74, 6) is -3.53. The molecule has 5 nitrogen and oxygen atoms in total. The van der Waals surface area contributed by atoms with Gasteiger partial charge in [-0.1, -0.05) is 52.2 Å². The molecule has 156 valence electrons. The number of carbonyl (C=O) groups is 2. The highest BCUT2D eigenvalue weighted by molar-refractivity contribution is 5.83. The van der Waals surface area contributed by atoms with Crippen molar-refractivity contribution in [3.8, 4) is 0 Å². The standard InChI is InChI=1S/C22H38O5/c1-4-14-21(2,3)15-9-7-10-17-12-13-19(23)18(17)11-6-5-8-16-22(26,27)20(24)25/h7,10,17-18,26-27H,4-6,8-9,11-16H2,1-3H3,(H,24,25)/t17-,18+/m0/s1. The molecule has 1 aliphatic carbocycles. The van der Waals surface area contributed by atoms with Gasteiger partial charge >= 0.3 is 5.97 Å². The topological polar surface area (TPSA) is 94.8 Å². The maximum Gasteiger partial charge on any atom is 0.364 e. The van der Waals surface area contributed by atoms with Crippen LogP contribution in [0.3, 0.4) is 0 Å². The molecule has 0 aromatic rings. The third-order valence-electron chi connectivity index (χ3n) is 5.84. The van der Waals surface area contributed by atoms with Crippen molar-refractivity contribution < 1.29 is 24.9 Å². The Morgan fingerprint density at radius 3 is 2.48 bits per heavy atom. The van der Waals surface area contributed by atoms with Crippen LogP contribution in [0.1, 0.15) is 91.4 Å². The number of allylic oxidation sites excluding steroid dienone is 2. The lowest BCUT2D eigenvalue weighted by Crippen LogP contribution is -2.37. The highest BCUT2D eigenvalue weighted by Gasteiger charge is 2.33. The maximum absolute atomic E-state index is 12.2. The first-order valence-electron chi connectivity index (χ1n) is 10.5. The number of Topliss-reactive ketones (excluding diaryl/α,β-unsaturated/α-hetero) is 1. The number of carboxylic acid groups (broad SMARTS) is 1. The molecular weight excluding hydrogens is 344 g/mol. The molecule has 5 heteroatoms. The Labute approximate surface area is 163 Å². The van der Waals surface area contributed by atoms with E-state index in [4.69, 9.17) is 5.11 Å². The van der Waals surface area contributed by atoms with E-state index < -0.39 is 11.8 Å². The second-order valence-electron chi connectivity index (χ2n) is 8.88. The van der Waals surface area contributed by atoms with Crippen LogP contribution >= 0.6 is 0 Å². The summed E-state index contributed by atoms with van der Waals surface area (Å²) in [7, 11) is 0. The number of hydrogen-bond donors (Lipinski definition) is 3. The predicted molar refractivity (Wildman–Crippen MR) is 106 cm³/mol. The molecule has 0 aromatic heterocycles. The molecule has 27 heavy (non-hydrogen) atoms. The van der Waals surface area contributed by atoms with Gasteiger partial charge in [0, 0.05) is 18.8 Å². The number of hydrogen-bond acceptors (Lipinski definition) is 4. The summed E-state index contributed by atoms with van der Waals surface area (Å²) in [6, 6.07) is 0. The zero-order chi connectivity index (χ0) is 20.5. The quantitative estimate of drug-likeness (QED) is 0.248. The zero-order valence-electron chi connectivity index (χ0n) is 17.2. The molecule has 0 aliphatic heterocycles. The Hall–Kier alpha value is -1.20. The zero-order valence-corrected chi connectivity index (χ0v) is 17.2. The fourth-order valence-electron chi connectivity index (χ4n) is 4.11. The SMILES string of the molecule is CCCC(C)(C)CCC=C[C@H]1CCC(=O)[C@@H]1CCCCCC(O)(O)C(=O)O. The van der Waals surface area contributed by atoms with E-state index in [-0.39, 0.29) is 12.3 Å². The van der Waals surface area contributed by atoms with E-state index in [2.05, 4.69) is 32.9 Å². The molecule has 3 N–H and O–H groups in total. The van der Waals surface area contributed by atoms with Crippen LogP contribution in [0.5, 0.6) is 0 Å². The van der Waals surface area contributed by atoms with Gasteiger partial charge in [-0.15, -0.1) is 0 Å². The predicted octanol–water partition coefficient (Wildman–Crippen LogP) is 4.46. The first-order valence-corrected chi connectivity index (χ1v) is 10.5. The van der Waals surface area contributed by atoms with Crippen molar-refractivity contribution in [1.82, 2.24) is 0 Å². The fraction of sp³-hybridized carbons (Fsp3) is 0.818. The van der Waals surface area contributed by atoms with Crippen molar-refractivity contribution in [3.05, 3.63) is 12.2 Å². The van der Waals surface area contributed by atoms with Crippen LogP contribution in [-0.4, -0.2) is 32.9 Å². The van der Waals surface area contributed by atoms with E-state index >= 15 is 0 Å². The van der Waals surface area contributed by atoms with E-state index in [1.165, 1.54) is 12.8 Å². The number of carbonyl (C=O) groups excluding carboxylic acids is 1. The van der Waals surface area contributed by atoms with Gasteiger partial charge in [0.05, 0.1) is 0 Å². The number of unbranched alkanes of at least 4 members (excludes halogenated alkanes) is 2. The average molecular weight is 383 g/mol.